The quantitative estimate of drug-likeness (QED) is 0.402. The Bertz CT molecular complexity index is 707. The Morgan fingerprint density at radius 2 is 2.04 bits per heavy atom. The highest BCUT2D eigenvalue weighted by Gasteiger charge is 2.12. The van der Waals surface area contributed by atoms with E-state index in [9.17, 15) is 0 Å². The normalized spacial score (nSPS) is 16.0. The Hall–Kier alpha value is -2.15. The van der Waals surface area contributed by atoms with Gasteiger partial charge in [0.05, 0.1) is 12.6 Å². The van der Waals surface area contributed by atoms with Gasteiger partial charge in [0.25, 0.3) is 0 Å². The van der Waals surface area contributed by atoms with Gasteiger partial charge in [-0.15, -0.1) is 10.2 Å². The summed E-state index contributed by atoms with van der Waals surface area (Å²) in [6, 6.07) is 5.88. The first kappa shape index (κ1) is 19.6. The molecule has 0 saturated heterocycles. The number of nitrogens with zero attached hydrogens (tertiary/aromatic N) is 4. The molecule has 1 fully saturated rings. The minimum atomic E-state index is 0.521. The molecule has 2 aromatic rings. The van der Waals surface area contributed by atoms with E-state index in [1.165, 1.54) is 38.5 Å². The number of rotatable bonds is 9. The van der Waals surface area contributed by atoms with Gasteiger partial charge in [0.2, 0.25) is 0 Å². The molecule has 2 heterocycles. The van der Waals surface area contributed by atoms with Gasteiger partial charge in [-0.05, 0) is 44.2 Å². The summed E-state index contributed by atoms with van der Waals surface area (Å²) >= 11 is 0. The largest absolute Gasteiger partial charge is 0.378 e. The Morgan fingerprint density at radius 1 is 1.15 bits per heavy atom. The standard InChI is InChI=1S/C20H32N6O/c1-21-20(23-16-19-25-24-18-12-6-8-14-26(18)19)22-13-7-3-9-15-27-17-10-4-2-5-11-17/h6,8,12,14,17H,2-5,7,9-11,13,15-16H2,1H3,(H2,21,22,23). The van der Waals surface area contributed by atoms with Gasteiger partial charge >= 0.3 is 0 Å². The fourth-order valence-electron chi connectivity index (χ4n) is 3.49. The van der Waals surface area contributed by atoms with Crippen LogP contribution in [0.4, 0.5) is 0 Å². The lowest BCUT2D eigenvalue weighted by Crippen LogP contribution is -2.37. The van der Waals surface area contributed by atoms with Crippen molar-refractivity contribution in [3.8, 4) is 0 Å². The van der Waals surface area contributed by atoms with E-state index in [1.54, 1.807) is 7.05 Å². The van der Waals surface area contributed by atoms with Crippen molar-refractivity contribution in [2.75, 3.05) is 20.2 Å². The first-order valence-electron chi connectivity index (χ1n) is 10.2. The van der Waals surface area contributed by atoms with Crippen molar-refractivity contribution < 1.29 is 4.74 Å². The van der Waals surface area contributed by atoms with E-state index in [-0.39, 0.29) is 0 Å². The van der Waals surface area contributed by atoms with Crippen molar-refractivity contribution in [2.45, 2.75) is 64.0 Å². The average Bonchev–Trinajstić information content (AvgIpc) is 3.13. The van der Waals surface area contributed by atoms with Gasteiger partial charge in [-0.1, -0.05) is 25.3 Å². The van der Waals surface area contributed by atoms with E-state index >= 15 is 0 Å². The number of guanidine groups is 1. The van der Waals surface area contributed by atoms with E-state index < -0.39 is 0 Å². The number of hydrogen-bond donors (Lipinski definition) is 2. The van der Waals surface area contributed by atoms with Gasteiger partial charge in [0.1, 0.15) is 0 Å². The maximum atomic E-state index is 5.98. The minimum absolute atomic E-state index is 0.521. The molecule has 27 heavy (non-hydrogen) atoms. The molecule has 1 aliphatic carbocycles. The third kappa shape index (κ3) is 6.20. The molecule has 3 rings (SSSR count). The maximum Gasteiger partial charge on any atom is 0.191 e. The lowest BCUT2D eigenvalue weighted by atomic mass is 9.98. The van der Waals surface area contributed by atoms with Crippen LogP contribution in [0.15, 0.2) is 29.4 Å². The van der Waals surface area contributed by atoms with Crippen LogP contribution in [0.2, 0.25) is 0 Å². The summed E-state index contributed by atoms with van der Waals surface area (Å²) in [6.45, 7) is 2.39. The molecule has 0 aromatic carbocycles. The molecular formula is C20H32N6O. The van der Waals surface area contributed by atoms with Crippen molar-refractivity contribution in [1.82, 2.24) is 25.2 Å². The van der Waals surface area contributed by atoms with Gasteiger partial charge in [-0.25, -0.2) is 0 Å². The number of hydrogen-bond acceptors (Lipinski definition) is 4. The molecule has 2 N–H and O–H groups in total. The van der Waals surface area contributed by atoms with E-state index in [2.05, 4.69) is 25.8 Å². The van der Waals surface area contributed by atoms with Crippen LogP contribution in [0.25, 0.3) is 5.65 Å². The van der Waals surface area contributed by atoms with Gasteiger partial charge in [-0.2, -0.15) is 0 Å². The predicted molar refractivity (Wildman–Crippen MR) is 108 cm³/mol. The number of fused-ring (bicyclic) bond motifs is 1. The molecule has 7 heteroatoms. The molecule has 1 aliphatic rings. The van der Waals surface area contributed by atoms with Crippen LogP contribution in [0.5, 0.6) is 0 Å². The summed E-state index contributed by atoms with van der Waals surface area (Å²) in [7, 11) is 1.79. The van der Waals surface area contributed by atoms with Crippen molar-refractivity contribution in [1.29, 1.82) is 0 Å². The molecule has 0 atom stereocenters. The van der Waals surface area contributed by atoms with E-state index in [1.807, 2.05) is 28.8 Å². The zero-order chi connectivity index (χ0) is 18.7. The summed E-state index contributed by atoms with van der Waals surface area (Å²) in [5, 5.41) is 15.0. The number of pyridine rings is 1. The second-order valence-corrected chi connectivity index (χ2v) is 7.09. The Balaban J connectivity index is 1.27. The summed E-state index contributed by atoms with van der Waals surface area (Å²) in [6.07, 6.45) is 12.5. The average molecular weight is 373 g/mol. The van der Waals surface area contributed by atoms with Crippen molar-refractivity contribution >= 4 is 11.6 Å². The van der Waals surface area contributed by atoms with Crippen molar-refractivity contribution in [3.05, 3.63) is 30.2 Å². The summed E-state index contributed by atoms with van der Waals surface area (Å²) in [5.41, 5.74) is 0.854. The van der Waals surface area contributed by atoms with E-state index in [0.29, 0.717) is 12.6 Å². The molecular weight excluding hydrogens is 340 g/mol. The lowest BCUT2D eigenvalue weighted by molar-refractivity contribution is 0.0264. The number of unbranched alkanes of at least 4 members (excludes halogenated alkanes) is 2. The monoisotopic (exact) mass is 372 g/mol. The van der Waals surface area contributed by atoms with Crippen molar-refractivity contribution in [2.24, 2.45) is 4.99 Å². The minimum Gasteiger partial charge on any atom is -0.378 e. The molecule has 0 aliphatic heterocycles. The van der Waals surface area contributed by atoms with Gasteiger partial charge in [-0.3, -0.25) is 9.39 Å². The first-order valence-corrected chi connectivity index (χ1v) is 10.2. The SMILES string of the molecule is CN=C(NCCCCCOC1CCCCC1)NCc1nnc2ccccn12. The van der Waals surface area contributed by atoms with Crippen LogP contribution in [-0.2, 0) is 11.3 Å². The Labute approximate surface area is 161 Å². The summed E-state index contributed by atoms with van der Waals surface area (Å²) < 4.78 is 7.95. The third-order valence-electron chi connectivity index (χ3n) is 5.04. The van der Waals surface area contributed by atoms with Gasteiger partial charge in [0.15, 0.2) is 17.4 Å². The predicted octanol–water partition coefficient (Wildman–Crippen LogP) is 2.91. The van der Waals surface area contributed by atoms with Crippen LogP contribution in [0.3, 0.4) is 0 Å². The molecule has 2 aromatic heterocycles. The number of aromatic nitrogens is 3. The molecule has 0 unspecified atom stereocenters. The fourth-order valence-corrected chi connectivity index (χ4v) is 3.49. The topological polar surface area (TPSA) is 75.8 Å². The molecule has 0 radical (unpaired) electrons. The van der Waals surface area contributed by atoms with Crippen molar-refractivity contribution in [3.63, 3.8) is 0 Å². The van der Waals surface area contributed by atoms with Crippen LogP contribution >= 0.6 is 0 Å². The van der Waals surface area contributed by atoms with Gasteiger partial charge in [0, 0.05) is 26.4 Å². The van der Waals surface area contributed by atoms with Crippen LogP contribution in [-0.4, -0.2) is 46.9 Å². The molecule has 0 amide bonds. The highest BCUT2D eigenvalue weighted by molar-refractivity contribution is 5.79. The zero-order valence-electron chi connectivity index (χ0n) is 16.4. The molecule has 1 saturated carbocycles. The molecule has 0 bridgehead atoms. The number of aliphatic imine (C=N–C) groups is 1. The lowest BCUT2D eigenvalue weighted by Gasteiger charge is -2.21. The second-order valence-electron chi connectivity index (χ2n) is 7.09. The highest BCUT2D eigenvalue weighted by atomic mass is 16.5. The molecule has 7 nitrogen and oxygen atoms in total. The highest BCUT2D eigenvalue weighted by Crippen LogP contribution is 2.20. The maximum absolute atomic E-state index is 5.98. The second kappa shape index (κ2) is 10.9. The first-order chi connectivity index (χ1) is 13.4. The fraction of sp³-hybridized carbons (Fsp3) is 0.650. The van der Waals surface area contributed by atoms with Crippen LogP contribution in [0.1, 0.15) is 57.2 Å². The van der Waals surface area contributed by atoms with Crippen LogP contribution in [0, 0.1) is 0 Å². The Morgan fingerprint density at radius 3 is 2.89 bits per heavy atom. The Kier molecular flexibility index (Phi) is 7.89. The third-order valence-corrected chi connectivity index (χ3v) is 5.04. The number of nitrogens with one attached hydrogen (secondary N) is 2. The molecule has 0 spiro atoms. The van der Waals surface area contributed by atoms with Crippen LogP contribution < -0.4 is 10.6 Å². The number of ether oxygens (including phenoxy) is 1. The molecule has 148 valence electrons. The van der Waals surface area contributed by atoms with Gasteiger partial charge < -0.3 is 15.4 Å². The summed E-state index contributed by atoms with van der Waals surface area (Å²) in [5.74, 6) is 1.66. The van der Waals surface area contributed by atoms with E-state index in [4.69, 9.17) is 4.74 Å². The zero-order valence-corrected chi connectivity index (χ0v) is 16.4. The van der Waals surface area contributed by atoms with E-state index in [0.717, 1.165) is 43.4 Å². The smallest absolute Gasteiger partial charge is 0.191 e. The summed E-state index contributed by atoms with van der Waals surface area (Å²) in [4.78, 5) is 4.27.